The molecule has 0 aliphatic carbocycles. The van der Waals surface area contributed by atoms with E-state index in [0.29, 0.717) is 21.8 Å². The van der Waals surface area contributed by atoms with Crippen molar-refractivity contribution in [2.75, 3.05) is 6.61 Å². The number of carbonyl (C=O) groups excluding carboxylic acids is 1. The second kappa shape index (κ2) is 8.04. The summed E-state index contributed by atoms with van der Waals surface area (Å²) < 4.78 is 7.36. The van der Waals surface area contributed by atoms with Gasteiger partial charge < -0.3 is 9.30 Å². The number of ether oxygens (including phenoxy) is 1. The summed E-state index contributed by atoms with van der Waals surface area (Å²) in [5.74, 6) is 0.0137. The molecule has 2 rings (SSSR count). The van der Waals surface area contributed by atoms with Gasteiger partial charge in [0.1, 0.15) is 5.75 Å². The van der Waals surface area contributed by atoms with Crippen LogP contribution in [0.3, 0.4) is 0 Å². The van der Waals surface area contributed by atoms with Gasteiger partial charge >= 0.3 is 0 Å². The molecule has 2 aromatic rings. The fourth-order valence-corrected chi connectivity index (χ4v) is 2.24. The summed E-state index contributed by atoms with van der Waals surface area (Å²) in [6.45, 7) is 3.98. The van der Waals surface area contributed by atoms with Crippen LogP contribution in [0.25, 0.3) is 0 Å². The monoisotopic (exact) mass is 353 g/mol. The molecule has 122 valence electrons. The third kappa shape index (κ3) is 5.30. The number of aromatic nitrogens is 1. The molecule has 0 unspecified atom stereocenters. The Morgan fingerprint density at radius 3 is 2.83 bits per heavy atom. The number of hydrazone groups is 1. The predicted octanol–water partition coefficient (Wildman–Crippen LogP) is 3.90. The zero-order valence-electron chi connectivity index (χ0n) is 12.8. The summed E-state index contributed by atoms with van der Waals surface area (Å²) in [6, 6.07) is 7.09. The number of hydrogen-bond acceptors (Lipinski definition) is 3. The standard InChI is InChI=1S/C16H17Cl2N3O2/c1-11(2)21-6-5-12(9-21)8-19-20-16(22)10-23-15-4-3-13(17)7-14(15)18/h3-9,11H,10H2,1-2H3,(H,20,22)/b19-8+. The Balaban J connectivity index is 1.81. The zero-order valence-corrected chi connectivity index (χ0v) is 14.3. The molecule has 1 N–H and O–H groups in total. The van der Waals surface area contributed by atoms with Gasteiger partial charge in [0, 0.05) is 29.0 Å². The van der Waals surface area contributed by atoms with Crippen LogP contribution in [-0.2, 0) is 4.79 Å². The molecule has 1 heterocycles. The average Bonchev–Trinajstić information content (AvgIpc) is 2.95. The minimum absolute atomic E-state index is 0.189. The molecule has 0 fully saturated rings. The van der Waals surface area contributed by atoms with E-state index in [0.717, 1.165) is 5.56 Å². The molecule has 0 bridgehead atoms. The second-order valence-electron chi connectivity index (χ2n) is 5.14. The van der Waals surface area contributed by atoms with Crippen molar-refractivity contribution in [3.8, 4) is 5.75 Å². The third-order valence-corrected chi connectivity index (χ3v) is 3.52. The maximum atomic E-state index is 11.7. The lowest BCUT2D eigenvalue weighted by molar-refractivity contribution is -0.123. The highest BCUT2D eigenvalue weighted by molar-refractivity contribution is 6.35. The van der Waals surface area contributed by atoms with E-state index in [9.17, 15) is 4.79 Å². The Labute approximate surface area is 144 Å². The van der Waals surface area contributed by atoms with Gasteiger partial charge in [-0.15, -0.1) is 0 Å². The van der Waals surface area contributed by atoms with Crippen LogP contribution in [0.15, 0.2) is 41.8 Å². The molecule has 1 aromatic heterocycles. The van der Waals surface area contributed by atoms with Crippen LogP contribution in [-0.4, -0.2) is 23.3 Å². The van der Waals surface area contributed by atoms with Crippen LogP contribution in [0, 0.1) is 0 Å². The van der Waals surface area contributed by atoms with Crippen molar-refractivity contribution in [1.82, 2.24) is 9.99 Å². The van der Waals surface area contributed by atoms with Crippen LogP contribution in [0.1, 0.15) is 25.5 Å². The van der Waals surface area contributed by atoms with Gasteiger partial charge in [0.2, 0.25) is 0 Å². The Morgan fingerprint density at radius 2 is 2.17 bits per heavy atom. The van der Waals surface area contributed by atoms with Gasteiger partial charge in [-0.05, 0) is 38.1 Å². The van der Waals surface area contributed by atoms with Gasteiger partial charge in [0.05, 0.1) is 11.2 Å². The largest absolute Gasteiger partial charge is 0.482 e. The molecular weight excluding hydrogens is 337 g/mol. The molecule has 1 aromatic carbocycles. The van der Waals surface area contributed by atoms with Crippen molar-refractivity contribution >= 4 is 35.3 Å². The summed E-state index contributed by atoms with van der Waals surface area (Å²) in [5.41, 5.74) is 3.30. The molecule has 0 aliphatic rings. The molecular formula is C16H17Cl2N3O2. The number of nitrogens with one attached hydrogen (secondary N) is 1. The molecule has 0 saturated heterocycles. The van der Waals surface area contributed by atoms with Gasteiger partial charge in [-0.3, -0.25) is 4.79 Å². The molecule has 1 amide bonds. The zero-order chi connectivity index (χ0) is 16.8. The highest BCUT2D eigenvalue weighted by Crippen LogP contribution is 2.27. The Bertz CT molecular complexity index is 711. The first kappa shape index (κ1) is 17.4. The van der Waals surface area contributed by atoms with Crippen LogP contribution >= 0.6 is 23.2 Å². The summed E-state index contributed by atoms with van der Waals surface area (Å²) in [4.78, 5) is 11.7. The van der Waals surface area contributed by atoms with Crippen LogP contribution in [0.5, 0.6) is 5.75 Å². The number of rotatable bonds is 6. The lowest BCUT2D eigenvalue weighted by atomic mass is 10.3. The SMILES string of the molecule is CC(C)n1ccc(/C=N/NC(=O)COc2ccc(Cl)cc2Cl)c1. The van der Waals surface area contributed by atoms with Crippen LogP contribution in [0.4, 0.5) is 0 Å². The second-order valence-corrected chi connectivity index (χ2v) is 5.99. The molecule has 0 aliphatic heterocycles. The Hall–Kier alpha value is -1.98. The van der Waals surface area contributed by atoms with E-state index in [1.165, 1.54) is 0 Å². The lowest BCUT2D eigenvalue weighted by Gasteiger charge is -2.06. The highest BCUT2D eigenvalue weighted by atomic mass is 35.5. The number of halogens is 2. The number of amides is 1. The molecule has 7 heteroatoms. The van der Waals surface area contributed by atoms with E-state index in [2.05, 4.69) is 28.9 Å². The van der Waals surface area contributed by atoms with Gasteiger partial charge in [-0.1, -0.05) is 23.2 Å². The van der Waals surface area contributed by atoms with Crippen molar-refractivity contribution < 1.29 is 9.53 Å². The molecule has 0 radical (unpaired) electrons. The van der Waals surface area contributed by atoms with Gasteiger partial charge in [0.25, 0.3) is 5.91 Å². The third-order valence-electron chi connectivity index (χ3n) is 2.99. The van der Waals surface area contributed by atoms with Crippen molar-refractivity contribution in [3.63, 3.8) is 0 Å². The molecule has 0 spiro atoms. The van der Waals surface area contributed by atoms with E-state index in [1.807, 2.05) is 18.5 Å². The van der Waals surface area contributed by atoms with Gasteiger partial charge in [-0.25, -0.2) is 5.43 Å². The number of hydrogen-bond donors (Lipinski definition) is 1. The predicted molar refractivity (Wildman–Crippen MR) is 92.5 cm³/mol. The topological polar surface area (TPSA) is 55.6 Å². The lowest BCUT2D eigenvalue weighted by Crippen LogP contribution is -2.24. The number of carbonyl (C=O) groups is 1. The summed E-state index contributed by atoms with van der Waals surface area (Å²) in [5, 5.41) is 4.75. The number of nitrogens with zero attached hydrogens (tertiary/aromatic N) is 2. The molecule has 23 heavy (non-hydrogen) atoms. The Kier molecular flexibility index (Phi) is 6.07. The fourth-order valence-electron chi connectivity index (χ4n) is 1.77. The van der Waals surface area contributed by atoms with Crippen molar-refractivity contribution in [1.29, 1.82) is 0 Å². The molecule has 0 saturated carbocycles. The van der Waals surface area contributed by atoms with Crippen molar-refractivity contribution in [3.05, 3.63) is 52.3 Å². The first-order valence-corrected chi connectivity index (χ1v) is 7.78. The molecule has 5 nitrogen and oxygen atoms in total. The highest BCUT2D eigenvalue weighted by Gasteiger charge is 2.06. The maximum absolute atomic E-state index is 11.7. The van der Waals surface area contributed by atoms with E-state index < -0.39 is 0 Å². The van der Waals surface area contributed by atoms with Crippen molar-refractivity contribution in [2.24, 2.45) is 5.10 Å². The van der Waals surface area contributed by atoms with Crippen LogP contribution in [0.2, 0.25) is 10.0 Å². The van der Waals surface area contributed by atoms with E-state index in [1.54, 1.807) is 24.4 Å². The summed E-state index contributed by atoms with van der Waals surface area (Å²) >= 11 is 11.7. The van der Waals surface area contributed by atoms with Crippen molar-refractivity contribution in [2.45, 2.75) is 19.9 Å². The van der Waals surface area contributed by atoms with E-state index in [-0.39, 0.29) is 12.5 Å². The summed E-state index contributed by atoms with van der Waals surface area (Å²) in [7, 11) is 0. The smallest absolute Gasteiger partial charge is 0.277 e. The Morgan fingerprint density at radius 1 is 1.39 bits per heavy atom. The van der Waals surface area contributed by atoms with E-state index >= 15 is 0 Å². The summed E-state index contributed by atoms with van der Waals surface area (Å²) in [6.07, 6.45) is 5.48. The normalized spacial score (nSPS) is 11.2. The van der Waals surface area contributed by atoms with Crippen LogP contribution < -0.4 is 10.2 Å². The average molecular weight is 354 g/mol. The first-order chi connectivity index (χ1) is 11.0. The minimum atomic E-state index is -0.379. The molecule has 0 atom stereocenters. The van der Waals surface area contributed by atoms with Gasteiger partial charge in [0.15, 0.2) is 6.61 Å². The van der Waals surface area contributed by atoms with E-state index in [4.69, 9.17) is 27.9 Å². The van der Waals surface area contributed by atoms with Gasteiger partial charge in [-0.2, -0.15) is 5.10 Å². The maximum Gasteiger partial charge on any atom is 0.277 e. The minimum Gasteiger partial charge on any atom is -0.482 e. The quantitative estimate of drug-likeness (QED) is 0.632. The number of benzene rings is 1. The first-order valence-electron chi connectivity index (χ1n) is 7.03. The fraction of sp³-hybridized carbons (Fsp3) is 0.250.